The van der Waals surface area contributed by atoms with Crippen molar-refractivity contribution in [3.8, 4) is 5.75 Å². The summed E-state index contributed by atoms with van der Waals surface area (Å²) >= 11 is 6.20. The summed E-state index contributed by atoms with van der Waals surface area (Å²) in [5, 5.41) is 6.15. The molecule has 1 aliphatic carbocycles. The first-order valence-corrected chi connectivity index (χ1v) is 13.1. The molecule has 2 atom stereocenters. The van der Waals surface area contributed by atoms with Gasteiger partial charge in [0.25, 0.3) is 11.8 Å². The number of amides is 2. The van der Waals surface area contributed by atoms with Crippen molar-refractivity contribution >= 4 is 29.2 Å². The monoisotopic (exact) mass is 550 g/mol. The van der Waals surface area contributed by atoms with E-state index in [1.54, 1.807) is 44.5 Å². The maximum atomic E-state index is 14.2. The molecule has 2 unspecified atom stereocenters. The van der Waals surface area contributed by atoms with Crippen LogP contribution in [0.1, 0.15) is 56.7 Å². The van der Waals surface area contributed by atoms with Gasteiger partial charge in [0.1, 0.15) is 17.4 Å². The van der Waals surface area contributed by atoms with Crippen LogP contribution in [-0.4, -0.2) is 36.0 Å². The third-order valence-corrected chi connectivity index (χ3v) is 7.68. The van der Waals surface area contributed by atoms with Gasteiger partial charge in [0.05, 0.1) is 17.7 Å². The zero-order valence-electron chi connectivity index (χ0n) is 22.3. The molecule has 1 fully saturated rings. The number of ether oxygens (including phenoxy) is 1. The number of methoxy groups -OCH3 is 1. The Morgan fingerprint density at radius 2 is 1.97 bits per heavy atom. The molecule has 2 aromatic carbocycles. The number of nitrogens with zero attached hydrogens (tertiary/aromatic N) is 2. The number of carbonyl (C=O) groups excluding carboxylic acids is 2. The normalized spacial score (nSPS) is 16.4. The number of hydrogen-bond donors (Lipinski definition) is 2. The Kier molecular flexibility index (Phi) is 8.86. The molecule has 0 saturated heterocycles. The topological polar surface area (TPSA) is 83.6 Å². The van der Waals surface area contributed by atoms with Crippen LogP contribution in [0.25, 0.3) is 0 Å². The summed E-state index contributed by atoms with van der Waals surface area (Å²) in [5.41, 5.74) is 2.73. The third kappa shape index (κ3) is 6.23. The van der Waals surface area contributed by atoms with Crippen LogP contribution in [-0.2, 0) is 6.54 Å². The molecule has 0 radical (unpaired) electrons. The molecule has 1 aromatic heterocycles. The van der Waals surface area contributed by atoms with E-state index in [2.05, 4.69) is 22.2 Å². The van der Waals surface area contributed by atoms with Crippen LogP contribution in [0.4, 0.5) is 10.2 Å². The largest absolute Gasteiger partial charge is 0.496 e. The molecule has 0 bridgehead atoms. The van der Waals surface area contributed by atoms with Crippen LogP contribution in [0.3, 0.4) is 0 Å². The van der Waals surface area contributed by atoms with Crippen molar-refractivity contribution in [3.05, 3.63) is 100 Å². The van der Waals surface area contributed by atoms with Crippen LogP contribution in [0, 0.1) is 19.7 Å². The summed E-state index contributed by atoms with van der Waals surface area (Å²) in [6.07, 6.45) is 5.59. The number of hydrogen-bond acceptors (Lipinski definition) is 5. The Bertz CT molecular complexity index is 1380. The van der Waals surface area contributed by atoms with Gasteiger partial charge in [-0.05, 0) is 75.2 Å². The lowest BCUT2D eigenvalue weighted by Crippen LogP contribution is -2.36. The van der Waals surface area contributed by atoms with E-state index in [4.69, 9.17) is 16.3 Å². The molecule has 3 aromatic rings. The predicted octanol–water partition coefficient (Wildman–Crippen LogP) is 5.73. The number of nitrogens with one attached hydrogen (secondary N) is 2. The summed E-state index contributed by atoms with van der Waals surface area (Å²) < 4.78 is 19.5. The molecule has 2 N–H and O–H groups in total. The standard InChI is InChI=1S/C30H32ClFN4O3/c1-5-36(22-12-11-21(15-22)35-30(38)23-7-6-8-26(39-4)19(23)3)27-14-10-20(16-33-27)29(37)34-17-24-25(32)13-9-18(2)28(24)31/h5-10,13-14,16,21-22H,1,11-12,15,17H2,2-4H3,(H,34,37)(H,35,38). The summed E-state index contributed by atoms with van der Waals surface area (Å²) in [5.74, 6) is 0.356. The first kappa shape index (κ1) is 28.1. The van der Waals surface area contributed by atoms with Crippen molar-refractivity contribution in [3.63, 3.8) is 0 Å². The summed E-state index contributed by atoms with van der Waals surface area (Å²) in [6, 6.07) is 11.9. The van der Waals surface area contributed by atoms with Gasteiger partial charge in [0.2, 0.25) is 0 Å². The highest BCUT2D eigenvalue weighted by Crippen LogP contribution is 2.29. The van der Waals surface area contributed by atoms with E-state index in [9.17, 15) is 14.0 Å². The maximum Gasteiger partial charge on any atom is 0.253 e. The molecule has 7 nitrogen and oxygen atoms in total. The van der Waals surface area contributed by atoms with E-state index in [0.717, 1.165) is 30.4 Å². The highest BCUT2D eigenvalue weighted by atomic mass is 35.5. The molecule has 1 heterocycles. The second kappa shape index (κ2) is 12.3. The second-order valence-electron chi connectivity index (χ2n) is 9.60. The van der Waals surface area contributed by atoms with Crippen molar-refractivity contribution in [2.24, 2.45) is 0 Å². The first-order chi connectivity index (χ1) is 18.7. The smallest absolute Gasteiger partial charge is 0.253 e. The van der Waals surface area contributed by atoms with Crippen LogP contribution in [0.2, 0.25) is 5.02 Å². The van der Waals surface area contributed by atoms with Crippen molar-refractivity contribution in [2.75, 3.05) is 12.0 Å². The Morgan fingerprint density at radius 3 is 2.67 bits per heavy atom. The highest BCUT2D eigenvalue weighted by molar-refractivity contribution is 6.32. The highest BCUT2D eigenvalue weighted by Gasteiger charge is 2.30. The fraction of sp³-hybridized carbons (Fsp3) is 0.300. The quantitative estimate of drug-likeness (QED) is 0.355. The molecule has 2 amide bonds. The third-order valence-electron chi connectivity index (χ3n) is 7.16. The van der Waals surface area contributed by atoms with Crippen LogP contribution < -0.4 is 20.3 Å². The fourth-order valence-electron chi connectivity index (χ4n) is 4.94. The van der Waals surface area contributed by atoms with E-state index < -0.39 is 5.82 Å². The lowest BCUT2D eigenvalue weighted by atomic mass is 10.1. The number of aromatic nitrogens is 1. The lowest BCUT2D eigenvalue weighted by Gasteiger charge is -2.26. The fourth-order valence-corrected chi connectivity index (χ4v) is 5.16. The Morgan fingerprint density at radius 1 is 1.18 bits per heavy atom. The molecule has 0 aliphatic heterocycles. The van der Waals surface area contributed by atoms with Crippen LogP contribution >= 0.6 is 11.6 Å². The number of halogens is 2. The molecule has 9 heteroatoms. The minimum Gasteiger partial charge on any atom is -0.496 e. The molecule has 4 rings (SSSR count). The maximum absolute atomic E-state index is 14.2. The average Bonchev–Trinajstić information content (AvgIpc) is 3.39. The van der Waals surface area contributed by atoms with E-state index >= 15 is 0 Å². The van der Waals surface area contributed by atoms with E-state index in [1.807, 2.05) is 24.0 Å². The molecular weight excluding hydrogens is 519 g/mol. The van der Waals surface area contributed by atoms with E-state index in [1.165, 1.54) is 12.3 Å². The van der Waals surface area contributed by atoms with Crippen molar-refractivity contribution < 1.29 is 18.7 Å². The van der Waals surface area contributed by atoms with Gasteiger partial charge in [-0.15, -0.1) is 0 Å². The van der Waals surface area contributed by atoms with Gasteiger partial charge < -0.3 is 20.3 Å². The van der Waals surface area contributed by atoms with Crippen LogP contribution in [0.15, 0.2) is 61.4 Å². The molecule has 1 aliphatic rings. The number of pyridine rings is 1. The summed E-state index contributed by atoms with van der Waals surface area (Å²) in [7, 11) is 1.59. The molecule has 204 valence electrons. The Labute approximate surface area is 233 Å². The van der Waals surface area contributed by atoms with Gasteiger partial charge in [-0.1, -0.05) is 30.3 Å². The van der Waals surface area contributed by atoms with Gasteiger partial charge in [0.15, 0.2) is 0 Å². The lowest BCUT2D eigenvalue weighted by molar-refractivity contribution is 0.0932. The molecular formula is C30H32ClFN4O3. The molecule has 39 heavy (non-hydrogen) atoms. The zero-order valence-corrected chi connectivity index (χ0v) is 23.0. The van der Waals surface area contributed by atoms with Gasteiger partial charge >= 0.3 is 0 Å². The van der Waals surface area contributed by atoms with Gasteiger partial charge in [-0.25, -0.2) is 9.37 Å². The number of anilines is 1. The van der Waals surface area contributed by atoms with Crippen molar-refractivity contribution in [1.82, 2.24) is 15.6 Å². The average molecular weight is 551 g/mol. The Balaban J connectivity index is 1.36. The minimum atomic E-state index is -0.467. The van der Waals surface area contributed by atoms with Gasteiger partial charge in [0, 0.05) is 41.5 Å². The van der Waals surface area contributed by atoms with Gasteiger partial charge in [-0.3, -0.25) is 9.59 Å². The van der Waals surface area contributed by atoms with Crippen molar-refractivity contribution in [2.45, 2.75) is 51.7 Å². The number of rotatable bonds is 9. The molecule has 0 spiro atoms. The zero-order chi connectivity index (χ0) is 28.1. The number of benzene rings is 2. The summed E-state index contributed by atoms with van der Waals surface area (Å²) in [4.78, 5) is 32.0. The van der Waals surface area contributed by atoms with Crippen LogP contribution in [0.5, 0.6) is 5.75 Å². The van der Waals surface area contributed by atoms with Crippen molar-refractivity contribution in [1.29, 1.82) is 0 Å². The Hall–Kier alpha value is -3.91. The van der Waals surface area contributed by atoms with E-state index in [0.29, 0.717) is 27.7 Å². The second-order valence-corrected chi connectivity index (χ2v) is 9.98. The van der Waals surface area contributed by atoms with Gasteiger partial charge in [-0.2, -0.15) is 0 Å². The predicted molar refractivity (Wildman–Crippen MR) is 151 cm³/mol. The SMILES string of the molecule is C=CN(c1ccc(C(=O)NCc2c(F)ccc(C)c2Cl)cn1)C1CCC(NC(=O)c2cccc(OC)c2C)C1. The first-order valence-electron chi connectivity index (χ1n) is 12.8. The minimum absolute atomic E-state index is 0.00875. The molecule has 1 saturated carbocycles. The number of aryl methyl sites for hydroxylation is 1. The van der Waals surface area contributed by atoms with E-state index in [-0.39, 0.29) is 36.0 Å². The summed E-state index contributed by atoms with van der Waals surface area (Å²) in [6.45, 7) is 7.57. The number of carbonyl (C=O) groups is 2.